The molecule has 0 saturated heterocycles. The largest absolute Gasteiger partial charge is 0.398 e. The molecule has 0 saturated carbocycles. The zero-order valence-electron chi connectivity index (χ0n) is 12.5. The molecule has 4 heteroatoms. The van der Waals surface area contributed by atoms with Gasteiger partial charge in [0.05, 0.1) is 12.1 Å². The van der Waals surface area contributed by atoms with Crippen molar-refractivity contribution in [3.05, 3.63) is 24.0 Å². The quantitative estimate of drug-likeness (QED) is 0.759. The molecule has 0 aliphatic carbocycles. The Bertz CT molecular complexity index is 368. The average Bonchev–Trinajstić information content (AvgIpc) is 2.39. The molecule has 3 N–H and O–H groups in total. The van der Waals surface area contributed by atoms with Crippen LogP contribution in [0.4, 0.5) is 5.69 Å². The number of nitrogens with two attached hydrogens (primary N) is 1. The molecule has 1 rings (SSSR count). The summed E-state index contributed by atoms with van der Waals surface area (Å²) in [5.74, 6) is 0.411. The first-order chi connectivity index (χ1) is 9.11. The molecule has 19 heavy (non-hydrogen) atoms. The van der Waals surface area contributed by atoms with Crippen LogP contribution in [0.15, 0.2) is 18.5 Å². The highest BCUT2D eigenvalue weighted by atomic mass is 16.5. The van der Waals surface area contributed by atoms with Crippen LogP contribution in [0, 0.1) is 5.92 Å². The molecule has 2 unspecified atom stereocenters. The first-order valence-electron chi connectivity index (χ1n) is 7.16. The average molecular weight is 265 g/mol. The molecule has 0 aliphatic heterocycles. The van der Waals surface area contributed by atoms with Crippen LogP contribution in [0.25, 0.3) is 0 Å². The highest BCUT2D eigenvalue weighted by Gasteiger charge is 2.27. The minimum absolute atomic E-state index is 0.0913. The summed E-state index contributed by atoms with van der Waals surface area (Å²) >= 11 is 0. The molecule has 4 nitrogen and oxygen atoms in total. The molecule has 1 heterocycles. The van der Waals surface area contributed by atoms with Crippen molar-refractivity contribution in [3.63, 3.8) is 0 Å². The summed E-state index contributed by atoms with van der Waals surface area (Å²) in [5.41, 5.74) is 7.89. The number of hydrogen-bond acceptors (Lipinski definition) is 4. The van der Waals surface area contributed by atoms with Gasteiger partial charge in [0.1, 0.15) is 0 Å². The monoisotopic (exact) mass is 265 g/mol. The summed E-state index contributed by atoms with van der Waals surface area (Å²) < 4.78 is 5.93. The van der Waals surface area contributed by atoms with E-state index in [1.807, 2.05) is 19.2 Å². The van der Waals surface area contributed by atoms with Gasteiger partial charge >= 0.3 is 0 Å². The standard InChI is InChI=1S/C15H27N3O/c1-5-8-18-14(15(11(3)4)19-6-2)12-10-17-9-7-13(12)16/h7,9-11,14-15,18H,5-6,8H2,1-4H3,(H2,16,17). The minimum atomic E-state index is 0.0913. The van der Waals surface area contributed by atoms with Crippen molar-refractivity contribution in [2.45, 2.75) is 46.3 Å². The number of hydrogen-bond donors (Lipinski definition) is 2. The first kappa shape index (κ1) is 15.9. The van der Waals surface area contributed by atoms with Crippen LogP contribution in [0.3, 0.4) is 0 Å². The Balaban J connectivity index is 3.01. The van der Waals surface area contributed by atoms with Crippen molar-refractivity contribution in [1.29, 1.82) is 0 Å². The van der Waals surface area contributed by atoms with Gasteiger partial charge in [0.25, 0.3) is 0 Å². The fourth-order valence-corrected chi connectivity index (χ4v) is 2.25. The van der Waals surface area contributed by atoms with Gasteiger partial charge in [0, 0.05) is 30.3 Å². The second-order valence-electron chi connectivity index (χ2n) is 5.10. The lowest BCUT2D eigenvalue weighted by Gasteiger charge is -2.31. The summed E-state index contributed by atoms with van der Waals surface area (Å²) in [6.07, 6.45) is 4.74. The van der Waals surface area contributed by atoms with Gasteiger partial charge in [-0.05, 0) is 31.9 Å². The van der Waals surface area contributed by atoms with Gasteiger partial charge in [-0.3, -0.25) is 4.98 Å². The number of anilines is 1. The summed E-state index contributed by atoms with van der Waals surface area (Å²) in [4.78, 5) is 4.20. The van der Waals surface area contributed by atoms with Crippen LogP contribution in [-0.4, -0.2) is 24.2 Å². The molecule has 0 spiro atoms. The van der Waals surface area contributed by atoms with Crippen LogP contribution in [0.5, 0.6) is 0 Å². The second-order valence-corrected chi connectivity index (χ2v) is 5.10. The Hall–Kier alpha value is -1.13. The van der Waals surface area contributed by atoms with Gasteiger partial charge in [-0.1, -0.05) is 20.8 Å². The van der Waals surface area contributed by atoms with E-state index in [0.717, 1.165) is 24.2 Å². The van der Waals surface area contributed by atoms with E-state index in [1.54, 1.807) is 6.20 Å². The van der Waals surface area contributed by atoms with Crippen LogP contribution >= 0.6 is 0 Å². The molecule has 0 aliphatic rings. The summed E-state index contributed by atoms with van der Waals surface area (Å²) in [5, 5.41) is 3.55. The molecule has 0 aromatic carbocycles. The molecule has 1 aromatic heterocycles. The van der Waals surface area contributed by atoms with Crippen molar-refractivity contribution in [2.24, 2.45) is 5.92 Å². The number of rotatable bonds is 8. The third kappa shape index (κ3) is 4.48. The van der Waals surface area contributed by atoms with Crippen LogP contribution < -0.4 is 11.1 Å². The van der Waals surface area contributed by atoms with Crippen molar-refractivity contribution < 1.29 is 4.74 Å². The van der Waals surface area contributed by atoms with E-state index in [4.69, 9.17) is 10.5 Å². The van der Waals surface area contributed by atoms with Gasteiger partial charge in [0.15, 0.2) is 0 Å². The lowest BCUT2D eigenvalue weighted by molar-refractivity contribution is 0.00293. The zero-order chi connectivity index (χ0) is 14.3. The lowest BCUT2D eigenvalue weighted by atomic mass is 9.93. The molecule has 0 fully saturated rings. The van der Waals surface area contributed by atoms with E-state index < -0.39 is 0 Å². The second kappa shape index (κ2) is 8.12. The maximum Gasteiger partial charge on any atom is 0.0793 e. The zero-order valence-corrected chi connectivity index (χ0v) is 12.5. The van der Waals surface area contributed by atoms with Gasteiger partial charge in [0.2, 0.25) is 0 Å². The fraction of sp³-hybridized carbons (Fsp3) is 0.667. The molecular weight excluding hydrogens is 238 g/mol. The van der Waals surface area contributed by atoms with E-state index in [0.29, 0.717) is 12.5 Å². The Morgan fingerprint density at radius 3 is 2.63 bits per heavy atom. The number of aromatic nitrogens is 1. The molecule has 0 radical (unpaired) electrons. The van der Waals surface area contributed by atoms with Crippen LogP contribution in [-0.2, 0) is 4.74 Å². The van der Waals surface area contributed by atoms with Crippen molar-refractivity contribution in [1.82, 2.24) is 10.3 Å². The summed E-state index contributed by atoms with van der Waals surface area (Å²) in [7, 11) is 0. The van der Waals surface area contributed by atoms with E-state index in [2.05, 4.69) is 31.1 Å². The number of ether oxygens (including phenoxy) is 1. The normalized spacial score (nSPS) is 14.6. The van der Waals surface area contributed by atoms with Crippen molar-refractivity contribution >= 4 is 5.69 Å². The number of pyridine rings is 1. The predicted octanol–water partition coefficient (Wildman–Crippen LogP) is 2.77. The molecule has 0 bridgehead atoms. The highest BCUT2D eigenvalue weighted by Crippen LogP contribution is 2.28. The van der Waals surface area contributed by atoms with Gasteiger partial charge in [-0.25, -0.2) is 0 Å². The maximum atomic E-state index is 6.09. The Morgan fingerprint density at radius 2 is 2.11 bits per heavy atom. The third-order valence-electron chi connectivity index (χ3n) is 3.18. The van der Waals surface area contributed by atoms with E-state index in [1.165, 1.54) is 0 Å². The van der Waals surface area contributed by atoms with Gasteiger partial charge < -0.3 is 15.8 Å². The summed E-state index contributed by atoms with van der Waals surface area (Å²) in [6, 6.07) is 1.94. The minimum Gasteiger partial charge on any atom is -0.398 e. The SMILES string of the molecule is CCCNC(c1cnccc1N)C(OCC)C(C)C. The smallest absolute Gasteiger partial charge is 0.0793 e. The Kier molecular flexibility index (Phi) is 6.81. The number of nitrogen functional groups attached to an aromatic ring is 1. The van der Waals surface area contributed by atoms with E-state index >= 15 is 0 Å². The highest BCUT2D eigenvalue weighted by molar-refractivity contribution is 5.46. The molecule has 108 valence electrons. The van der Waals surface area contributed by atoms with Gasteiger partial charge in [-0.15, -0.1) is 0 Å². The van der Waals surface area contributed by atoms with Crippen LogP contribution in [0.1, 0.15) is 45.7 Å². The fourth-order valence-electron chi connectivity index (χ4n) is 2.25. The number of nitrogens with one attached hydrogen (secondary N) is 1. The van der Waals surface area contributed by atoms with Crippen molar-refractivity contribution in [2.75, 3.05) is 18.9 Å². The summed E-state index contributed by atoms with van der Waals surface area (Å²) in [6.45, 7) is 10.2. The van der Waals surface area contributed by atoms with E-state index in [9.17, 15) is 0 Å². The maximum absolute atomic E-state index is 6.09. The topological polar surface area (TPSA) is 60.2 Å². The lowest BCUT2D eigenvalue weighted by Crippen LogP contribution is -2.38. The predicted molar refractivity (Wildman–Crippen MR) is 79.9 cm³/mol. The molecule has 2 atom stereocenters. The third-order valence-corrected chi connectivity index (χ3v) is 3.18. The molecular formula is C15H27N3O. The molecule has 0 amide bonds. The Morgan fingerprint density at radius 1 is 1.37 bits per heavy atom. The molecule has 1 aromatic rings. The van der Waals surface area contributed by atoms with E-state index in [-0.39, 0.29) is 12.1 Å². The first-order valence-corrected chi connectivity index (χ1v) is 7.16. The van der Waals surface area contributed by atoms with Crippen LogP contribution in [0.2, 0.25) is 0 Å². The number of nitrogens with zero attached hydrogens (tertiary/aromatic N) is 1. The van der Waals surface area contributed by atoms with Crippen molar-refractivity contribution in [3.8, 4) is 0 Å². The Labute approximate surface area is 116 Å². The van der Waals surface area contributed by atoms with Gasteiger partial charge in [-0.2, -0.15) is 0 Å².